The van der Waals surface area contributed by atoms with Gasteiger partial charge in [-0.05, 0) is 72.9 Å². The number of hydrogen-bond donors (Lipinski definition) is 0. The molecule has 0 saturated carbocycles. The standard InChI is InChI=1S/C20H22Br2Cl2/c21-11-1-2-17(12-15-3-7-19(23)8-4-15)18(14-22)13-16-5-9-20(24)10-6-16/h3-10,17-18H,1-2,11-14H2/t17-,18+/m1/s1. The summed E-state index contributed by atoms with van der Waals surface area (Å²) in [4.78, 5) is 0. The molecule has 0 bridgehead atoms. The second-order valence-corrected chi connectivity index (χ2v) is 8.48. The van der Waals surface area contributed by atoms with Crippen LogP contribution in [0.4, 0.5) is 0 Å². The van der Waals surface area contributed by atoms with E-state index in [1.807, 2.05) is 24.3 Å². The highest BCUT2D eigenvalue weighted by molar-refractivity contribution is 9.09. The zero-order valence-corrected chi connectivity index (χ0v) is 18.2. The summed E-state index contributed by atoms with van der Waals surface area (Å²) >= 11 is 19.3. The van der Waals surface area contributed by atoms with Crippen LogP contribution in [0.1, 0.15) is 24.0 Å². The van der Waals surface area contributed by atoms with E-state index < -0.39 is 0 Å². The molecule has 0 aliphatic carbocycles. The number of hydrogen-bond acceptors (Lipinski definition) is 0. The molecule has 0 aromatic heterocycles. The Morgan fingerprint density at radius 3 is 1.58 bits per heavy atom. The van der Waals surface area contributed by atoms with Crippen molar-refractivity contribution in [2.24, 2.45) is 11.8 Å². The van der Waals surface area contributed by atoms with E-state index in [9.17, 15) is 0 Å². The van der Waals surface area contributed by atoms with Crippen molar-refractivity contribution in [2.75, 3.05) is 10.7 Å². The van der Waals surface area contributed by atoms with Gasteiger partial charge in [0.25, 0.3) is 0 Å². The fourth-order valence-electron chi connectivity index (χ4n) is 3.04. The average molecular weight is 493 g/mol. The molecule has 0 aliphatic heterocycles. The van der Waals surface area contributed by atoms with Crippen molar-refractivity contribution in [1.29, 1.82) is 0 Å². The molecular formula is C20H22Br2Cl2. The van der Waals surface area contributed by atoms with Crippen LogP contribution < -0.4 is 0 Å². The van der Waals surface area contributed by atoms with E-state index >= 15 is 0 Å². The van der Waals surface area contributed by atoms with Gasteiger partial charge in [0.05, 0.1) is 0 Å². The second kappa shape index (κ2) is 10.9. The lowest BCUT2D eigenvalue weighted by atomic mass is 9.81. The molecule has 2 atom stereocenters. The van der Waals surface area contributed by atoms with Crippen molar-refractivity contribution < 1.29 is 0 Å². The summed E-state index contributed by atoms with van der Waals surface area (Å²) in [6, 6.07) is 16.5. The molecular weight excluding hydrogens is 471 g/mol. The predicted octanol–water partition coefficient (Wildman–Crippen LogP) is 7.58. The van der Waals surface area contributed by atoms with Gasteiger partial charge in [0.2, 0.25) is 0 Å². The van der Waals surface area contributed by atoms with Crippen LogP contribution in [0.25, 0.3) is 0 Å². The normalized spacial score (nSPS) is 13.7. The maximum atomic E-state index is 6.02. The first kappa shape index (κ1) is 20.3. The van der Waals surface area contributed by atoms with Crippen molar-refractivity contribution >= 4 is 55.1 Å². The lowest BCUT2D eigenvalue weighted by molar-refractivity contribution is 0.336. The van der Waals surface area contributed by atoms with E-state index in [1.54, 1.807) is 0 Å². The Balaban J connectivity index is 2.10. The molecule has 0 fully saturated rings. The molecule has 130 valence electrons. The molecule has 0 spiro atoms. The number of rotatable bonds is 9. The second-order valence-electron chi connectivity index (χ2n) is 6.17. The van der Waals surface area contributed by atoms with Gasteiger partial charge in [-0.2, -0.15) is 0 Å². The zero-order valence-electron chi connectivity index (χ0n) is 13.5. The molecule has 4 heteroatoms. The lowest BCUT2D eigenvalue weighted by Gasteiger charge is -2.26. The van der Waals surface area contributed by atoms with Crippen LogP contribution in [0, 0.1) is 11.8 Å². The fourth-order valence-corrected chi connectivity index (χ4v) is 4.37. The molecule has 0 amide bonds. The minimum Gasteiger partial charge on any atom is -0.0928 e. The summed E-state index contributed by atoms with van der Waals surface area (Å²) in [5.41, 5.74) is 2.71. The molecule has 2 rings (SSSR count). The van der Waals surface area contributed by atoms with Crippen molar-refractivity contribution in [3.63, 3.8) is 0 Å². The Labute approximate surface area is 172 Å². The summed E-state index contributed by atoms with van der Waals surface area (Å²) in [5.74, 6) is 1.24. The van der Waals surface area contributed by atoms with Crippen LogP contribution in [0.3, 0.4) is 0 Å². The number of halogens is 4. The smallest absolute Gasteiger partial charge is 0.0406 e. The Morgan fingerprint density at radius 2 is 1.17 bits per heavy atom. The fraction of sp³-hybridized carbons (Fsp3) is 0.400. The Kier molecular flexibility index (Phi) is 9.18. The third-order valence-corrected chi connectivity index (χ3v) is 6.29. The third kappa shape index (κ3) is 6.71. The van der Waals surface area contributed by atoms with Gasteiger partial charge in [0, 0.05) is 20.7 Å². The minimum absolute atomic E-state index is 0.598. The van der Waals surface area contributed by atoms with Gasteiger partial charge in [-0.1, -0.05) is 79.3 Å². The van der Waals surface area contributed by atoms with Gasteiger partial charge in [-0.25, -0.2) is 0 Å². The summed E-state index contributed by atoms with van der Waals surface area (Å²) in [5, 5.41) is 3.66. The van der Waals surface area contributed by atoms with E-state index in [-0.39, 0.29) is 0 Å². The highest BCUT2D eigenvalue weighted by Gasteiger charge is 2.21. The van der Waals surface area contributed by atoms with E-state index in [4.69, 9.17) is 23.2 Å². The van der Waals surface area contributed by atoms with Crippen molar-refractivity contribution in [1.82, 2.24) is 0 Å². The molecule has 0 heterocycles. The SMILES string of the molecule is Clc1ccc(C[C@@H](CBr)[C@H](CCCBr)Cc2ccc(Cl)cc2)cc1. The number of benzene rings is 2. The largest absolute Gasteiger partial charge is 0.0928 e. The molecule has 2 aromatic rings. The van der Waals surface area contributed by atoms with E-state index in [0.29, 0.717) is 11.8 Å². The Hall–Kier alpha value is -0.0200. The van der Waals surface area contributed by atoms with Crippen molar-refractivity contribution in [2.45, 2.75) is 25.7 Å². The summed E-state index contributed by atoms with van der Waals surface area (Å²) in [7, 11) is 0. The first-order chi connectivity index (χ1) is 11.6. The molecule has 0 N–H and O–H groups in total. The van der Waals surface area contributed by atoms with Crippen molar-refractivity contribution in [3.8, 4) is 0 Å². The predicted molar refractivity (Wildman–Crippen MR) is 114 cm³/mol. The van der Waals surface area contributed by atoms with E-state index in [0.717, 1.165) is 33.5 Å². The van der Waals surface area contributed by atoms with Crippen LogP contribution in [0.2, 0.25) is 10.0 Å². The van der Waals surface area contributed by atoms with Gasteiger partial charge < -0.3 is 0 Å². The lowest BCUT2D eigenvalue weighted by Crippen LogP contribution is -2.21. The molecule has 0 aliphatic rings. The molecule has 0 radical (unpaired) electrons. The van der Waals surface area contributed by atoms with Gasteiger partial charge in [-0.15, -0.1) is 0 Å². The molecule has 0 nitrogen and oxygen atoms in total. The van der Waals surface area contributed by atoms with Gasteiger partial charge in [0.15, 0.2) is 0 Å². The zero-order chi connectivity index (χ0) is 17.4. The Morgan fingerprint density at radius 1 is 0.708 bits per heavy atom. The summed E-state index contributed by atoms with van der Waals surface area (Å²) in [6.45, 7) is 0. The maximum absolute atomic E-state index is 6.02. The first-order valence-corrected chi connectivity index (χ1v) is 11.2. The number of alkyl halides is 2. The molecule has 0 saturated heterocycles. The van der Waals surface area contributed by atoms with Gasteiger partial charge >= 0.3 is 0 Å². The van der Waals surface area contributed by atoms with E-state index in [2.05, 4.69) is 56.1 Å². The topological polar surface area (TPSA) is 0 Å². The Bertz CT molecular complexity index is 596. The molecule has 2 aromatic carbocycles. The monoisotopic (exact) mass is 490 g/mol. The summed E-state index contributed by atoms with van der Waals surface area (Å²) < 4.78 is 0. The maximum Gasteiger partial charge on any atom is 0.0406 e. The average Bonchev–Trinajstić information content (AvgIpc) is 2.60. The van der Waals surface area contributed by atoms with E-state index in [1.165, 1.54) is 24.0 Å². The molecule has 24 heavy (non-hydrogen) atoms. The minimum atomic E-state index is 0.598. The third-order valence-electron chi connectivity index (χ3n) is 4.40. The summed E-state index contributed by atoms with van der Waals surface area (Å²) in [6.07, 6.45) is 4.58. The van der Waals surface area contributed by atoms with Gasteiger partial charge in [-0.3, -0.25) is 0 Å². The van der Waals surface area contributed by atoms with Gasteiger partial charge in [0.1, 0.15) is 0 Å². The van der Waals surface area contributed by atoms with Crippen LogP contribution in [0.15, 0.2) is 48.5 Å². The van der Waals surface area contributed by atoms with Crippen LogP contribution in [-0.2, 0) is 12.8 Å². The molecule has 0 unspecified atom stereocenters. The van der Waals surface area contributed by atoms with Crippen LogP contribution >= 0.6 is 55.1 Å². The highest BCUT2D eigenvalue weighted by Crippen LogP contribution is 2.29. The van der Waals surface area contributed by atoms with Crippen LogP contribution in [0.5, 0.6) is 0 Å². The first-order valence-electron chi connectivity index (χ1n) is 8.23. The highest BCUT2D eigenvalue weighted by atomic mass is 79.9. The van der Waals surface area contributed by atoms with Crippen molar-refractivity contribution in [3.05, 3.63) is 69.7 Å². The van der Waals surface area contributed by atoms with Crippen LogP contribution in [-0.4, -0.2) is 10.7 Å². The quantitative estimate of drug-likeness (QED) is 0.316.